The summed E-state index contributed by atoms with van der Waals surface area (Å²) in [6.45, 7) is 0.778. The smallest absolute Gasteiger partial charge is 0.252 e. The summed E-state index contributed by atoms with van der Waals surface area (Å²) in [6, 6.07) is 11.9. The van der Waals surface area contributed by atoms with Crippen LogP contribution in [-0.4, -0.2) is 31.4 Å². The van der Waals surface area contributed by atoms with Crippen LogP contribution in [0.3, 0.4) is 0 Å². The largest absolute Gasteiger partial charge is 0.344 e. The molecule has 0 saturated carbocycles. The fourth-order valence-corrected chi connectivity index (χ4v) is 2.56. The van der Waals surface area contributed by atoms with Crippen LogP contribution in [0.4, 0.5) is 0 Å². The molecule has 19 heavy (non-hydrogen) atoms. The molecule has 1 heterocycles. The Morgan fingerprint density at radius 2 is 2.00 bits per heavy atom. The zero-order valence-electron chi connectivity index (χ0n) is 11.2. The number of likely N-dealkylation sites (N-methyl/N-ethyl adjacent to an activating group) is 1. The summed E-state index contributed by atoms with van der Waals surface area (Å²) >= 11 is 1.53. The first-order chi connectivity index (χ1) is 9.16. The van der Waals surface area contributed by atoms with Crippen LogP contribution in [0, 0.1) is 0 Å². The average Bonchev–Trinajstić information content (AvgIpc) is 2.92. The monoisotopic (exact) mass is 274 g/mol. The zero-order chi connectivity index (χ0) is 13.7. The highest BCUT2D eigenvalue weighted by Gasteiger charge is 2.16. The van der Waals surface area contributed by atoms with E-state index in [0.717, 1.165) is 17.7 Å². The second-order valence-electron chi connectivity index (χ2n) is 4.71. The van der Waals surface area contributed by atoms with Crippen LogP contribution in [0.1, 0.15) is 22.0 Å². The Kier molecular flexibility index (Phi) is 4.71. The van der Waals surface area contributed by atoms with Crippen molar-refractivity contribution >= 4 is 17.2 Å². The van der Waals surface area contributed by atoms with Gasteiger partial charge in [0.1, 0.15) is 0 Å². The summed E-state index contributed by atoms with van der Waals surface area (Å²) in [5.74, 6) is -0.0167. The number of thiophene rings is 1. The van der Waals surface area contributed by atoms with Crippen LogP contribution in [0.25, 0.3) is 0 Å². The van der Waals surface area contributed by atoms with Crippen LogP contribution in [0.5, 0.6) is 0 Å². The van der Waals surface area contributed by atoms with Gasteiger partial charge in [0.05, 0.1) is 11.6 Å². The summed E-state index contributed by atoms with van der Waals surface area (Å²) in [4.78, 5) is 14.2. The highest BCUT2D eigenvalue weighted by Crippen LogP contribution is 2.15. The van der Waals surface area contributed by atoms with Gasteiger partial charge in [0.15, 0.2) is 0 Å². The molecule has 4 heteroatoms. The fourth-order valence-electron chi connectivity index (χ4n) is 1.92. The molecular formula is C15H18N2OS. The minimum Gasteiger partial charge on any atom is -0.344 e. The molecule has 2 rings (SSSR count). The molecule has 1 aromatic carbocycles. The molecule has 1 atom stereocenters. The summed E-state index contributed by atoms with van der Waals surface area (Å²) < 4.78 is 0. The van der Waals surface area contributed by atoms with Gasteiger partial charge in [-0.25, -0.2) is 0 Å². The Bertz CT molecular complexity index is 508. The predicted molar refractivity (Wildman–Crippen MR) is 79.5 cm³/mol. The van der Waals surface area contributed by atoms with E-state index in [0.29, 0.717) is 0 Å². The molecule has 100 valence electrons. The third-order valence-electron chi connectivity index (χ3n) is 2.84. The van der Waals surface area contributed by atoms with Crippen molar-refractivity contribution in [3.63, 3.8) is 0 Å². The molecule has 0 unspecified atom stereocenters. The van der Waals surface area contributed by atoms with Gasteiger partial charge in [-0.15, -0.1) is 0 Å². The lowest BCUT2D eigenvalue weighted by Crippen LogP contribution is -2.35. The lowest BCUT2D eigenvalue weighted by atomic mass is 10.1. The van der Waals surface area contributed by atoms with Crippen molar-refractivity contribution in [1.82, 2.24) is 10.2 Å². The van der Waals surface area contributed by atoms with Crippen molar-refractivity contribution in [2.24, 2.45) is 0 Å². The standard InChI is InChI=1S/C15H18N2OS/c1-17(2)10-14(12-6-4-3-5-7-12)16-15(18)13-8-9-19-11-13/h3-9,11,14H,10H2,1-2H3,(H,16,18)/t14-/m0/s1. The molecule has 0 radical (unpaired) electrons. The molecule has 2 aromatic rings. The van der Waals surface area contributed by atoms with Gasteiger partial charge in [-0.2, -0.15) is 11.3 Å². The van der Waals surface area contributed by atoms with Crippen molar-refractivity contribution in [2.45, 2.75) is 6.04 Å². The van der Waals surface area contributed by atoms with Crippen LogP contribution in [0.2, 0.25) is 0 Å². The van der Waals surface area contributed by atoms with Crippen molar-refractivity contribution < 1.29 is 4.79 Å². The summed E-state index contributed by atoms with van der Waals surface area (Å²) in [7, 11) is 4.01. The van der Waals surface area contributed by atoms with Crippen molar-refractivity contribution in [2.75, 3.05) is 20.6 Å². The first-order valence-electron chi connectivity index (χ1n) is 6.19. The quantitative estimate of drug-likeness (QED) is 0.909. The van der Waals surface area contributed by atoms with E-state index < -0.39 is 0 Å². The van der Waals surface area contributed by atoms with Crippen LogP contribution >= 0.6 is 11.3 Å². The molecule has 0 saturated heterocycles. The molecule has 0 bridgehead atoms. The normalized spacial score (nSPS) is 12.4. The zero-order valence-corrected chi connectivity index (χ0v) is 12.0. The SMILES string of the molecule is CN(C)C[C@H](NC(=O)c1ccsc1)c1ccccc1. The predicted octanol–water partition coefficient (Wildman–Crippen LogP) is 2.78. The highest BCUT2D eigenvalue weighted by atomic mass is 32.1. The van der Waals surface area contributed by atoms with Crippen LogP contribution < -0.4 is 5.32 Å². The summed E-state index contributed by atoms with van der Waals surface area (Å²) in [5, 5.41) is 6.88. The van der Waals surface area contributed by atoms with E-state index in [1.54, 1.807) is 0 Å². The van der Waals surface area contributed by atoms with Crippen molar-refractivity contribution in [3.05, 3.63) is 58.3 Å². The van der Waals surface area contributed by atoms with Gasteiger partial charge in [0.25, 0.3) is 5.91 Å². The molecule has 0 fully saturated rings. The van der Waals surface area contributed by atoms with Crippen LogP contribution in [0.15, 0.2) is 47.2 Å². The number of rotatable bonds is 5. The van der Waals surface area contributed by atoms with Crippen molar-refractivity contribution in [3.8, 4) is 0 Å². The van der Waals surface area contributed by atoms with Gasteiger partial charge < -0.3 is 10.2 Å². The van der Waals surface area contributed by atoms with Gasteiger partial charge in [-0.05, 0) is 31.1 Å². The number of nitrogens with zero attached hydrogens (tertiary/aromatic N) is 1. The maximum absolute atomic E-state index is 12.1. The Morgan fingerprint density at radius 1 is 1.26 bits per heavy atom. The van der Waals surface area contributed by atoms with E-state index in [1.807, 2.05) is 61.3 Å². The van der Waals surface area contributed by atoms with E-state index in [-0.39, 0.29) is 11.9 Å². The number of amides is 1. The number of hydrogen-bond donors (Lipinski definition) is 1. The minimum atomic E-state index is -0.0167. The average molecular weight is 274 g/mol. The number of benzene rings is 1. The second kappa shape index (κ2) is 6.50. The third kappa shape index (κ3) is 3.91. The van der Waals surface area contributed by atoms with E-state index in [4.69, 9.17) is 0 Å². The maximum atomic E-state index is 12.1. The summed E-state index contributed by atoms with van der Waals surface area (Å²) in [5.41, 5.74) is 1.85. The molecule has 0 aliphatic heterocycles. The van der Waals surface area contributed by atoms with E-state index in [9.17, 15) is 4.79 Å². The topological polar surface area (TPSA) is 32.3 Å². The molecule has 0 aliphatic carbocycles. The first-order valence-corrected chi connectivity index (χ1v) is 7.14. The molecule has 1 amide bonds. The molecule has 1 N–H and O–H groups in total. The summed E-state index contributed by atoms with van der Waals surface area (Å²) in [6.07, 6.45) is 0. The highest BCUT2D eigenvalue weighted by molar-refractivity contribution is 7.08. The number of nitrogens with one attached hydrogen (secondary N) is 1. The third-order valence-corrected chi connectivity index (χ3v) is 3.52. The Morgan fingerprint density at radius 3 is 2.58 bits per heavy atom. The minimum absolute atomic E-state index is 0.00333. The van der Waals surface area contributed by atoms with Gasteiger partial charge in [-0.3, -0.25) is 4.79 Å². The molecule has 3 nitrogen and oxygen atoms in total. The second-order valence-corrected chi connectivity index (χ2v) is 5.49. The van der Waals surface area contributed by atoms with Crippen LogP contribution in [-0.2, 0) is 0 Å². The van der Waals surface area contributed by atoms with E-state index in [1.165, 1.54) is 11.3 Å². The Balaban J connectivity index is 2.13. The fraction of sp³-hybridized carbons (Fsp3) is 0.267. The van der Waals surface area contributed by atoms with E-state index >= 15 is 0 Å². The Hall–Kier alpha value is -1.65. The van der Waals surface area contributed by atoms with Gasteiger partial charge in [-0.1, -0.05) is 30.3 Å². The number of hydrogen-bond acceptors (Lipinski definition) is 3. The molecule has 0 aliphatic rings. The first kappa shape index (κ1) is 13.8. The lowest BCUT2D eigenvalue weighted by Gasteiger charge is -2.22. The van der Waals surface area contributed by atoms with Gasteiger partial charge in [0, 0.05) is 11.9 Å². The molecule has 1 aromatic heterocycles. The number of carbonyl (C=O) groups excluding carboxylic acids is 1. The van der Waals surface area contributed by atoms with Gasteiger partial charge >= 0.3 is 0 Å². The lowest BCUT2D eigenvalue weighted by molar-refractivity contribution is 0.0930. The molecule has 0 spiro atoms. The number of carbonyl (C=O) groups is 1. The maximum Gasteiger partial charge on any atom is 0.252 e. The van der Waals surface area contributed by atoms with Crippen molar-refractivity contribution in [1.29, 1.82) is 0 Å². The molecular weight excluding hydrogens is 256 g/mol. The van der Waals surface area contributed by atoms with E-state index in [2.05, 4.69) is 10.2 Å². The Labute approximate surface area is 117 Å². The van der Waals surface area contributed by atoms with Gasteiger partial charge in [0.2, 0.25) is 0 Å².